The van der Waals surface area contributed by atoms with Gasteiger partial charge in [-0.05, 0) is 106 Å². The third kappa shape index (κ3) is 4.92. The molecule has 0 atom stereocenters. The van der Waals surface area contributed by atoms with E-state index in [2.05, 4.69) is 65.4 Å². The maximum atomic E-state index is 13.0. The Labute approximate surface area is 227 Å². The summed E-state index contributed by atoms with van der Waals surface area (Å²) in [5, 5.41) is 3.54. The van der Waals surface area contributed by atoms with Gasteiger partial charge in [0.15, 0.2) is 5.65 Å². The number of primary amides is 1. The fraction of sp³-hybridized carbons (Fsp3) is 0.355. The molecule has 6 rings (SSSR count). The maximum absolute atomic E-state index is 13.0. The molecule has 0 spiro atoms. The highest BCUT2D eigenvalue weighted by atomic mass is 16.2. The number of piperidine rings is 1. The number of aromatic nitrogens is 3. The number of nitrogens with one attached hydrogen (secondary N) is 1. The molecule has 1 aliphatic heterocycles. The fourth-order valence-corrected chi connectivity index (χ4v) is 5.97. The number of carbonyl (C=O) groups is 1. The van der Waals surface area contributed by atoms with Crippen LogP contribution in [-0.4, -0.2) is 44.5 Å². The van der Waals surface area contributed by atoms with Crippen LogP contribution in [0.15, 0.2) is 59.7 Å². The van der Waals surface area contributed by atoms with Gasteiger partial charge < -0.3 is 20.5 Å². The fourth-order valence-electron chi connectivity index (χ4n) is 5.97. The van der Waals surface area contributed by atoms with Crippen molar-refractivity contribution in [3.8, 4) is 5.69 Å². The van der Waals surface area contributed by atoms with E-state index in [-0.39, 0.29) is 10.9 Å². The van der Waals surface area contributed by atoms with Gasteiger partial charge in [-0.1, -0.05) is 18.2 Å². The van der Waals surface area contributed by atoms with Gasteiger partial charge in [-0.2, -0.15) is 4.98 Å². The van der Waals surface area contributed by atoms with E-state index in [0.29, 0.717) is 23.6 Å². The van der Waals surface area contributed by atoms with Crippen LogP contribution in [0.1, 0.15) is 66.1 Å². The Morgan fingerprint density at radius 3 is 2.51 bits per heavy atom. The highest BCUT2D eigenvalue weighted by molar-refractivity contribution is 5.96. The summed E-state index contributed by atoms with van der Waals surface area (Å²) in [6.07, 6.45) is 8.53. The van der Waals surface area contributed by atoms with E-state index in [1.165, 1.54) is 41.9 Å². The number of anilines is 2. The second kappa shape index (κ2) is 10.3. The van der Waals surface area contributed by atoms with Crippen molar-refractivity contribution in [1.29, 1.82) is 0 Å². The predicted molar refractivity (Wildman–Crippen MR) is 154 cm³/mol. The van der Waals surface area contributed by atoms with E-state index in [9.17, 15) is 9.59 Å². The maximum Gasteiger partial charge on any atom is 0.254 e. The van der Waals surface area contributed by atoms with Crippen LogP contribution >= 0.6 is 0 Å². The Morgan fingerprint density at radius 2 is 1.79 bits per heavy atom. The average Bonchev–Trinajstić information content (AvgIpc) is 3.42. The molecule has 8 heteroatoms. The second-order valence-corrected chi connectivity index (χ2v) is 11.0. The third-order valence-electron chi connectivity index (χ3n) is 8.27. The molecule has 1 aliphatic carbocycles. The average molecular weight is 523 g/mol. The van der Waals surface area contributed by atoms with E-state index in [1.54, 1.807) is 4.57 Å². The van der Waals surface area contributed by atoms with Gasteiger partial charge in [0, 0.05) is 29.8 Å². The smallest absolute Gasteiger partial charge is 0.254 e. The molecule has 1 amide bonds. The third-order valence-corrected chi connectivity index (χ3v) is 8.27. The normalized spacial score (nSPS) is 16.1. The van der Waals surface area contributed by atoms with Crippen LogP contribution in [0.2, 0.25) is 0 Å². The molecule has 2 aromatic carbocycles. The monoisotopic (exact) mass is 522 g/mol. The topological polar surface area (TPSA) is 106 Å². The van der Waals surface area contributed by atoms with Gasteiger partial charge in [-0.3, -0.25) is 9.59 Å². The van der Waals surface area contributed by atoms with Gasteiger partial charge in [0.1, 0.15) is 5.56 Å². The van der Waals surface area contributed by atoms with Crippen molar-refractivity contribution in [2.75, 3.05) is 18.4 Å². The lowest BCUT2D eigenvalue weighted by molar-refractivity contribution is 0.0999. The van der Waals surface area contributed by atoms with E-state index in [0.717, 1.165) is 43.7 Å². The first-order valence-electron chi connectivity index (χ1n) is 13.8. The van der Waals surface area contributed by atoms with Crippen molar-refractivity contribution < 1.29 is 4.79 Å². The summed E-state index contributed by atoms with van der Waals surface area (Å²) in [6, 6.07) is 15.3. The lowest BCUT2D eigenvalue weighted by Crippen LogP contribution is -2.37. The Kier molecular flexibility index (Phi) is 6.64. The summed E-state index contributed by atoms with van der Waals surface area (Å²) in [5.41, 5.74) is 11.1. The van der Waals surface area contributed by atoms with Gasteiger partial charge >= 0.3 is 0 Å². The number of carbonyl (C=O) groups excluding carboxylic acids is 1. The number of benzene rings is 2. The lowest BCUT2D eigenvalue weighted by Gasteiger charge is -2.34. The van der Waals surface area contributed by atoms with Crippen molar-refractivity contribution in [3.63, 3.8) is 0 Å². The van der Waals surface area contributed by atoms with Crippen LogP contribution in [0.25, 0.3) is 16.7 Å². The quantitative estimate of drug-likeness (QED) is 0.380. The number of nitrogens with zero attached hydrogens (tertiary/aromatic N) is 4. The van der Waals surface area contributed by atoms with E-state index < -0.39 is 11.3 Å². The largest absolute Gasteiger partial charge is 0.365 e. The predicted octanol–water partition coefficient (Wildman–Crippen LogP) is 4.70. The molecule has 0 radical (unpaired) electrons. The Bertz CT molecular complexity index is 1600. The van der Waals surface area contributed by atoms with Crippen LogP contribution in [0.4, 0.5) is 11.6 Å². The summed E-state index contributed by atoms with van der Waals surface area (Å²) in [4.78, 5) is 36.8. The van der Waals surface area contributed by atoms with Crippen LogP contribution in [0, 0.1) is 0 Å². The van der Waals surface area contributed by atoms with Gasteiger partial charge in [0.05, 0.1) is 5.39 Å². The molecule has 0 unspecified atom stereocenters. The molecule has 0 saturated carbocycles. The number of amides is 1. The molecule has 0 bridgehead atoms. The van der Waals surface area contributed by atoms with Crippen molar-refractivity contribution in [1.82, 2.24) is 19.4 Å². The first-order valence-corrected chi connectivity index (χ1v) is 13.8. The summed E-state index contributed by atoms with van der Waals surface area (Å²) in [7, 11) is 0. The molecule has 1 fully saturated rings. The minimum atomic E-state index is -0.769. The number of pyridine rings is 1. The van der Waals surface area contributed by atoms with Gasteiger partial charge in [0.2, 0.25) is 11.4 Å². The van der Waals surface area contributed by atoms with Gasteiger partial charge in [-0.25, -0.2) is 4.98 Å². The molecular weight excluding hydrogens is 488 g/mol. The van der Waals surface area contributed by atoms with Crippen LogP contribution in [0.5, 0.6) is 0 Å². The number of likely N-dealkylation sites (tertiary alicyclic amines) is 1. The molecule has 39 heavy (non-hydrogen) atoms. The van der Waals surface area contributed by atoms with Crippen molar-refractivity contribution >= 4 is 28.6 Å². The van der Waals surface area contributed by atoms with Crippen molar-refractivity contribution in [2.24, 2.45) is 5.73 Å². The van der Waals surface area contributed by atoms with Gasteiger partial charge in [0.25, 0.3) is 5.91 Å². The zero-order valence-corrected chi connectivity index (χ0v) is 22.5. The summed E-state index contributed by atoms with van der Waals surface area (Å²) < 4.78 is 1.77. The van der Waals surface area contributed by atoms with E-state index >= 15 is 0 Å². The number of aryl methyl sites for hydroxylation is 2. The molecule has 3 heterocycles. The summed E-state index contributed by atoms with van der Waals surface area (Å²) in [5.74, 6) is 0.183. The second-order valence-electron chi connectivity index (χ2n) is 11.0. The Morgan fingerprint density at radius 1 is 1.05 bits per heavy atom. The van der Waals surface area contributed by atoms with Crippen molar-refractivity contribution in [3.05, 3.63) is 87.3 Å². The standard InChI is InChI=1S/C31H34N6O2/c1-19(2)36-14-12-22(13-15-36)21-6-9-24(10-7-21)34-31-33-17-26-28(38)27(29(32)39)18-37(30(26)35-31)25-11-8-20-4-3-5-23(20)16-25/h6-11,16-19,22H,3-5,12-15H2,1-2H3,(H2,32,39)(H,33,34,35). The highest BCUT2D eigenvalue weighted by Gasteiger charge is 2.22. The van der Waals surface area contributed by atoms with Crippen LogP contribution in [0.3, 0.4) is 0 Å². The number of fused-ring (bicyclic) bond motifs is 2. The molecule has 2 aromatic heterocycles. The zero-order chi connectivity index (χ0) is 27.1. The van der Waals surface area contributed by atoms with E-state index in [1.807, 2.05) is 6.07 Å². The van der Waals surface area contributed by atoms with Crippen molar-refractivity contribution in [2.45, 2.75) is 57.9 Å². The SMILES string of the molecule is CC(C)N1CCC(c2ccc(Nc3ncc4c(=O)c(C(N)=O)cn(-c5ccc6c(c5)CCC6)c4n3)cc2)CC1. The van der Waals surface area contributed by atoms with E-state index in [4.69, 9.17) is 10.7 Å². The Balaban J connectivity index is 1.31. The first-order chi connectivity index (χ1) is 18.9. The summed E-state index contributed by atoms with van der Waals surface area (Å²) >= 11 is 0. The lowest BCUT2D eigenvalue weighted by atomic mass is 9.89. The molecule has 200 valence electrons. The minimum Gasteiger partial charge on any atom is -0.365 e. The number of rotatable bonds is 6. The molecule has 2 aliphatic rings. The molecule has 3 N–H and O–H groups in total. The number of hydrogen-bond acceptors (Lipinski definition) is 6. The van der Waals surface area contributed by atoms with Crippen LogP contribution in [-0.2, 0) is 12.8 Å². The number of hydrogen-bond donors (Lipinski definition) is 2. The molecular formula is C31H34N6O2. The molecule has 1 saturated heterocycles. The first kappa shape index (κ1) is 25.2. The van der Waals surface area contributed by atoms with Crippen LogP contribution < -0.4 is 16.5 Å². The number of nitrogens with two attached hydrogens (primary N) is 1. The minimum absolute atomic E-state index is 0.0814. The molecule has 8 nitrogen and oxygen atoms in total. The molecule has 4 aromatic rings. The van der Waals surface area contributed by atoms with Gasteiger partial charge in [-0.15, -0.1) is 0 Å². The Hall–Kier alpha value is -4.04. The highest BCUT2D eigenvalue weighted by Crippen LogP contribution is 2.30. The zero-order valence-electron chi connectivity index (χ0n) is 22.5. The summed E-state index contributed by atoms with van der Waals surface area (Å²) in [6.45, 7) is 6.79.